The van der Waals surface area contributed by atoms with Crippen molar-refractivity contribution in [2.24, 2.45) is 0 Å². The minimum atomic E-state index is 0.0918. The minimum Gasteiger partial charge on any atom is -0.394 e. The summed E-state index contributed by atoms with van der Waals surface area (Å²) in [4.78, 5) is 0. The second kappa shape index (κ2) is 5.99. The van der Waals surface area contributed by atoms with Crippen molar-refractivity contribution in [2.75, 3.05) is 13.2 Å². The van der Waals surface area contributed by atoms with Crippen molar-refractivity contribution in [1.29, 1.82) is 0 Å². The fourth-order valence-corrected chi connectivity index (χ4v) is 1.74. The van der Waals surface area contributed by atoms with Gasteiger partial charge in [0.15, 0.2) is 0 Å². The van der Waals surface area contributed by atoms with Gasteiger partial charge in [0.1, 0.15) is 6.10 Å². The molecule has 16 heavy (non-hydrogen) atoms. The Labute approximate surface area is 96.0 Å². The van der Waals surface area contributed by atoms with Crippen molar-refractivity contribution in [2.45, 2.75) is 31.7 Å². The van der Waals surface area contributed by atoms with Crippen molar-refractivity contribution < 1.29 is 14.6 Å². The van der Waals surface area contributed by atoms with Gasteiger partial charge in [-0.1, -0.05) is 30.3 Å². The van der Waals surface area contributed by atoms with E-state index >= 15 is 0 Å². The molecule has 1 N–H and O–H groups in total. The van der Waals surface area contributed by atoms with Gasteiger partial charge in [-0.05, 0) is 18.4 Å². The third-order valence-corrected chi connectivity index (χ3v) is 2.76. The van der Waals surface area contributed by atoms with Gasteiger partial charge in [-0.25, -0.2) is 0 Å². The summed E-state index contributed by atoms with van der Waals surface area (Å²) in [5, 5.41) is 8.77. The quantitative estimate of drug-likeness (QED) is 0.564. The molecule has 1 fully saturated rings. The number of hydrogen-bond acceptors (Lipinski definition) is 3. The summed E-state index contributed by atoms with van der Waals surface area (Å²) in [5.41, 5.74) is 1.21. The maximum absolute atomic E-state index is 8.77. The molecule has 3 nitrogen and oxygen atoms in total. The summed E-state index contributed by atoms with van der Waals surface area (Å²) in [6.45, 7) is 1.58. The molecule has 0 aliphatic carbocycles. The fraction of sp³-hybridized carbons (Fsp3) is 0.538. The Kier molecular flexibility index (Phi) is 4.34. The average Bonchev–Trinajstić information content (AvgIpc) is 3.09. The van der Waals surface area contributed by atoms with Gasteiger partial charge in [0.05, 0.1) is 19.3 Å². The summed E-state index contributed by atoms with van der Waals surface area (Å²) < 4.78 is 10.8. The van der Waals surface area contributed by atoms with Gasteiger partial charge >= 0.3 is 0 Å². The van der Waals surface area contributed by atoms with Gasteiger partial charge in [0, 0.05) is 6.61 Å². The molecule has 0 bridgehead atoms. The van der Waals surface area contributed by atoms with Crippen LogP contribution in [-0.4, -0.2) is 30.5 Å². The number of epoxide rings is 1. The summed E-state index contributed by atoms with van der Waals surface area (Å²) in [6.07, 6.45) is 2.34. The van der Waals surface area contributed by atoms with Gasteiger partial charge in [-0.3, -0.25) is 0 Å². The van der Waals surface area contributed by atoms with Crippen molar-refractivity contribution in [3.8, 4) is 0 Å². The van der Waals surface area contributed by atoms with Crippen molar-refractivity contribution in [3.05, 3.63) is 35.9 Å². The van der Waals surface area contributed by atoms with Crippen LogP contribution in [0, 0.1) is 0 Å². The predicted octanol–water partition coefficient (Wildman–Crippen LogP) is 1.74. The number of hydrogen-bond donors (Lipinski definition) is 1. The van der Waals surface area contributed by atoms with Crippen LogP contribution >= 0.6 is 0 Å². The molecule has 2 rings (SSSR count). The Morgan fingerprint density at radius 2 is 2.00 bits per heavy atom. The zero-order valence-corrected chi connectivity index (χ0v) is 9.34. The van der Waals surface area contributed by atoms with Crippen LogP contribution in [0.2, 0.25) is 0 Å². The smallest absolute Gasteiger partial charge is 0.107 e. The van der Waals surface area contributed by atoms with Crippen molar-refractivity contribution >= 4 is 0 Å². The van der Waals surface area contributed by atoms with Crippen LogP contribution in [0.4, 0.5) is 0 Å². The zero-order valence-electron chi connectivity index (χ0n) is 9.34. The van der Waals surface area contributed by atoms with E-state index in [0.29, 0.717) is 6.61 Å². The highest BCUT2D eigenvalue weighted by Gasteiger charge is 2.36. The lowest BCUT2D eigenvalue weighted by atomic mass is 10.2. The minimum absolute atomic E-state index is 0.0918. The molecule has 1 heterocycles. The predicted molar refractivity (Wildman–Crippen MR) is 61.1 cm³/mol. The number of aliphatic hydroxyl groups is 1. The Bertz CT molecular complexity index is 299. The summed E-state index contributed by atoms with van der Waals surface area (Å²) in [5.74, 6) is 0. The topological polar surface area (TPSA) is 42.0 Å². The monoisotopic (exact) mass is 222 g/mol. The second-order valence-corrected chi connectivity index (χ2v) is 4.08. The van der Waals surface area contributed by atoms with Crippen LogP contribution in [0.5, 0.6) is 0 Å². The fourth-order valence-electron chi connectivity index (χ4n) is 1.74. The van der Waals surface area contributed by atoms with E-state index in [4.69, 9.17) is 14.6 Å². The van der Waals surface area contributed by atoms with E-state index in [-0.39, 0.29) is 18.8 Å². The first kappa shape index (κ1) is 11.6. The van der Waals surface area contributed by atoms with Crippen LogP contribution < -0.4 is 0 Å². The summed E-state index contributed by atoms with van der Waals surface area (Å²) >= 11 is 0. The van der Waals surface area contributed by atoms with Crippen LogP contribution in [0.25, 0.3) is 0 Å². The van der Waals surface area contributed by atoms with E-state index in [1.165, 1.54) is 5.56 Å². The molecule has 0 unspecified atom stereocenters. The molecular formula is C13H18O3. The molecule has 0 aromatic heterocycles. The average molecular weight is 222 g/mol. The van der Waals surface area contributed by atoms with Gasteiger partial charge in [0.25, 0.3) is 0 Å². The molecule has 0 radical (unpaired) electrons. The maximum Gasteiger partial charge on any atom is 0.107 e. The molecule has 0 saturated carbocycles. The second-order valence-electron chi connectivity index (χ2n) is 4.08. The lowest BCUT2D eigenvalue weighted by Gasteiger charge is -2.03. The van der Waals surface area contributed by atoms with Crippen molar-refractivity contribution in [3.63, 3.8) is 0 Å². The molecule has 1 aliphatic rings. The van der Waals surface area contributed by atoms with E-state index in [1.54, 1.807) is 0 Å². The molecule has 1 aromatic rings. The highest BCUT2D eigenvalue weighted by molar-refractivity contribution is 5.13. The SMILES string of the molecule is OC[C@H]1O[C@@H]1CCCOCc1ccccc1. The Hall–Kier alpha value is -0.900. The number of benzene rings is 1. The zero-order chi connectivity index (χ0) is 11.2. The molecule has 3 heteroatoms. The lowest BCUT2D eigenvalue weighted by Crippen LogP contribution is -2.01. The molecular weight excluding hydrogens is 204 g/mol. The third kappa shape index (κ3) is 3.59. The normalized spacial score (nSPS) is 23.3. The molecule has 1 saturated heterocycles. The Morgan fingerprint density at radius 3 is 2.69 bits per heavy atom. The summed E-state index contributed by atoms with van der Waals surface area (Å²) in [7, 11) is 0. The maximum atomic E-state index is 8.77. The molecule has 1 aromatic carbocycles. The van der Waals surface area contributed by atoms with Crippen LogP contribution in [0.1, 0.15) is 18.4 Å². The van der Waals surface area contributed by atoms with Gasteiger partial charge in [-0.2, -0.15) is 0 Å². The first-order chi connectivity index (χ1) is 7.90. The summed E-state index contributed by atoms with van der Waals surface area (Å²) in [6, 6.07) is 10.2. The Morgan fingerprint density at radius 1 is 1.19 bits per heavy atom. The van der Waals surface area contributed by atoms with Crippen LogP contribution in [0.15, 0.2) is 30.3 Å². The van der Waals surface area contributed by atoms with E-state index in [1.807, 2.05) is 18.2 Å². The van der Waals surface area contributed by atoms with Crippen LogP contribution in [-0.2, 0) is 16.1 Å². The highest BCUT2D eigenvalue weighted by atomic mass is 16.6. The first-order valence-corrected chi connectivity index (χ1v) is 5.78. The van der Waals surface area contributed by atoms with E-state index in [2.05, 4.69) is 12.1 Å². The van der Waals surface area contributed by atoms with Gasteiger partial charge < -0.3 is 14.6 Å². The van der Waals surface area contributed by atoms with Crippen LogP contribution in [0.3, 0.4) is 0 Å². The molecule has 0 amide bonds. The third-order valence-electron chi connectivity index (χ3n) is 2.76. The number of rotatable bonds is 7. The first-order valence-electron chi connectivity index (χ1n) is 5.78. The molecule has 1 aliphatic heterocycles. The molecule has 2 atom stereocenters. The largest absolute Gasteiger partial charge is 0.394 e. The lowest BCUT2D eigenvalue weighted by molar-refractivity contribution is 0.115. The van der Waals surface area contributed by atoms with Gasteiger partial charge in [0.2, 0.25) is 0 Å². The highest BCUT2D eigenvalue weighted by Crippen LogP contribution is 2.25. The van der Waals surface area contributed by atoms with Crippen molar-refractivity contribution in [1.82, 2.24) is 0 Å². The van der Waals surface area contributed by atoms with E-state index in [0.717, 1.165) is 19.4 Å². The van der Waals surface area contributed by atoms with E-state index in [9.17, 15) is 0 Å². The standard InChI is InChI=1S/C13H18O3/c14-9-13-12(16-13)7-4-8-15-10-11-5-2-1-3-6-11/h1-3,5-6,12-14H,4,7-10H2/t12-,13-/m1/s1. The molecule has 88 valence electrons. The van der Waals surface area contributed by atoms with Gasteiger partial charge in [-0.15, -0.1) is 0 Å². The molecule has 0 spiro atoms. The number of ether oxygens (including phenoxy) is 2. The number of aliphatic hydroxyl groups excluding tert-OH is 1. The van der Waals surface area contributed by atoms with E-state index < -0.39 is 0 Å². The Balaban J connectivity index is 1.50.